The number of aliphatic imine (C=N–C) groups is 1. The standard InChI is InChI=1S/C17H32N6O/c1-7-17(8-2)13(10-14(17)24-6)20-16(18-9-3)19-11-15-22-21-12(4)23(15)5/h13-14H,7-11H2,1-6H3,(H2,18,19,20). The molecule has 2 atom stereocenters. The van der Waals surface area contributed by atoms with Gasteiger partial charge in [-0.05, 0) is 33.1 Å². The molecule has 2 N–H and O–H groups in total. The van der Waals surface area contributed by atoms with Crippen LogP contribution in [0.4, 0.5) is 0 Å². The highest BCUT2D eigenvalue weighted by molar-refractivity contribution is 5.80. The highest BCUT2D eigenvalue weighted by atomic mass is 16.5. The first-order chi connectivity index (χ1) is 11.5. The predicted molar refractivity (Wildman–Crippen MR) is 95.9 cm³/mol. The maximum Gasteiger partial charge on any atom is 0.191 e. The molecular formula is C17H32N6O. The largest absolute Gasteiger partial charge is 0.381 e. The Kier molecular flexibility index (Phi) is 6.21. The van der Waals surface area contributed by atoms with Crippen molar-refractivity contribution >= 4 is 5.96 Å². The quantitative estimate of drug-likeness (QED) is 0.586. The summed E-state index contributed by atoms with van der Waals surface area (Å²) in [6, 6.07) is 0.386. The van der Waals surface area contributed by atoms with Crippen LogP contribution in [0.3, 0.4) is 0 Å². The van der Waals surface area contributed by atoms with E-state index in [-0.39, 0.29) is 5.41 Å². The zero-order valence-corrected chi connectivity index (χ0v) is 15.9. The number of aromatic nitrogens is 3. The third-order valence-corrected chi connectivity index (χ3v) is 5.60. The van der Waals surface area contributed by atoms with E-state index in [4.69, 9.17) is 9.73 Å². The third-order valence-electron chi connectivity index (χ3n) is 5.60. The summed E-state index contributed by atoms with van der Waals surface area (Å²) in [5, 5.41) is 15.2. The van der Waals surface area contributed by atoms with Gasteiger partial charge >= 0.3 is 0 Å². The summed E-state index contributed by atoms with van der Waals surface area (Å²) in [5.41, 5.74) is 0.187. The van der Waals surface area contributed by atoms with E-state index in [2.05, 4.69) is 41.6 Å². The minimum atomic E-state index is 0.187. The van der Waals surface area contributed by atoms with Crippen LogP contribution in [0.5, 0.6) is 0 Å². The zero-order chi connectivity index (χ0) is 17.7. The SMILES string of the molecule is CCNC(=NCc1nnc(C)n1C)NC1CC(OC)C1(CC)CC. The van der Waals surface area contributed by atoms with Crippen LogP contribution >= 0.6 is 0 Å². The molecule has 1 saturated carbocycles. The highest BCUT2D eigenvalue weighted by Gasteiger charge is 2.53. The summed E-state index contributed by atoms with van der Waals surface area (Å²) in [4.78, 5) is 4.69. The summed E-state index contributed by atoms with van der Waals surface area (Å²) in [6.45, 7) is 9.86. The number of hydrogen-bond acceptors (Lipinski definition) is 4. The molecule has 1 fully saturated rings. The lowest BCUT2D eigenvalue weighted by Crippen LogP contribution is -2.65. The molecule has 136 valence electrons. The number of aryl methyl sites for hydroxylation is 1. The molecule has 1 heterocycles. The second kappa shape index (κ2) is 7.96. The van der Waals surface area contributed by atoms with Crippen LogP contribution < -0.4 is 10.6 Å². The van der Waals surface area contributed by atoms with Crippen molar-refractivity contribution in [3.05, 3.63) is 11.6 Å². The molecular weight excluding hydrogens is 304 g/mol. The number of methoxy groups -OCH3 is 1. The van der Waals surface area contributed by atoms with Gasteiger partial charge in [-0.25, -0.2) is 4.99 Å². The van der Waals surface area contributed by atoms with E-state index in [1.54, 1.807) is 0 Å². The van der Waals surface area contributed by atoms with Crippen LogP contribution in [0.2, 0.25) is 0 Å². The van der Waals surface area contributed by atoms with Gasteiger partial charge in [0.1, 0.15) is 12.4 Å². The predicted octanol–water partition coefficient (Wildman–Crippen LogP) is 1.77. The molecule has 7 nitrogen and oxygen atoms in total. The van der Waals surface area contributed by atoms with Gasteiger partial charge in [0.25, 0.3) is 0 Å². The van der Waals surface area contributed by atoms with E-state index in [0.717, 1.165) is 43.4 Å². The molecule has 0 saturated heterocycles. The number of ether oxygens (including phenoxy) is 1. The lowest BCUT2D eigenvalue weighted by molar-refractivity contribution is -0.118. The molecule has 0 amide bonds. The second-order valence-electron chi connectivity index (χ2n) is 6.51. The first-order valence-electron chi connectivity index (χ1n) is 8.94. The molecule has 0 spiro atoms. The first-order valence-corrected chi connectivity index (χ1v) is 8.94. The van der Waals surface area contributed by atoms with Gasteiger partial charge in [-0.1, -0.05) is 13.8 Å². The van der Waals surface area contributed by atoms with Gasteiger partial charge in [-0.3, -0.25) is 0 Å². The minimum absolute atomic E-state index is 0.187. The van der Waals surface area contributed by atoms with Gasteiger partial charge in [-0.2, -0.15) is 0 Å². The maximum absolute atomic E-state index is 5.68. The van der Waals surface area contributed by atoms with Gasteiger partial charge in [0.15, 0.2) is 11.8 Å². The molecule has 0 radical (unpaired) electrons. The summed E-state index contributed by atoms with van der Waals surface area (Å²) in [6.07, 6.45) is 3.55. The molecule has 1 aromatic rings. The average Bonchev–Trinajstić information content (AvgIpc) is 2.89. The molecule has 0 aromatic carbocycles. The van der Waals surface area contributed by atoms with E-state index in [1.165, 1.54) is 0 Å². The Morgan fingerprint density at radius 3 is 2.54 bits per heavy atom. The van der Waals surface area contributed by atoms with Crippen LogP contribution in [0.25, 0.3) is 0 Å². The fourth-order valence-electron chi connectivity index (χ4n) is 3.70. The number of guanidine groups is 1. The third kappa shape index (κ3) is 3.41. The Bertz CT molecular complexity index is 563. The van der Waals surface area contributed by atoms with Crippen molar-refractivity contribution in [3.8, 4) is 0 Å². The van der Waals surface area contributed by atoms with Crippen molar-refractivity contribution in [3.63, 3.8) is 0 Å². The van der Waals surface area contributed by atoms with Gasteiger partial charge in [-0.15, -0.1) is 10.2 Å². The summed E-state index contributed by atoms with van der Waals surface area (Å²) in [5.74, 6) is 2.60. The molecule has 1 aliphatic carbocycles. The zero-order valence-electron chi connectivity index (χ0n) is 15.9. The minimum Gasteiger partial charge on any atom is -0.381 e. The lowest BCUT2D eigenvalue weighted by Gasteiger charge is -2.55. The smallest absolute Gasteiger partial charge is 0.191 e. The van der Waals surface area contributed by atoms with Crippen molar-refractivity contribution in [1.82, 2.24) is 25.4 Å². The molecule has 1 aromatic heterocycles. The first kappa shape index (κ1) is 18.7. The van der Waals surface area contributed by atoms with Crippen molar-refractivity contribution < 1.29 is 4.74 Å². The molecule has 24 heavy (non-hydrogen) atoms. The Balaban J connectivity index is 2.08. The fourth-order valence-corrected chi connectivity index (χ4v) is 3.70. The van der Waals surface area contributed by atoms with Crippen LogP contribution in [0.1, 0.15) is 51.7 Å². The molecule has 0 aliphatic heterocycles. The van der Waals surface area contributed by atoms with Crippen molar-refractivity contribution in [2.75, 3.05) is 13.7 Å². The van der Waals surface area contributed by atoms with E-state index >= 15 is 0 Å². The molecule has 0 bridgehead atoms. The number of hydrogen-bond donors (Lipinski definition) is 2. The van der Waals surface area contributed by atoms with Gasteiger partial charge in [0.2, 0.25) is 0 Å². The lowest BCUT2D eigenvalue weighted by atomic mass is 9.58. The van der Waals surface area contributed by atoms with E-state index < -0.39 is 0 Å². The van der Waals surface area contributed by atoms with E-state index in [9.17, 15) is 0 Å². The van der Waals surface area contributed by atoms with Crippen LogP contribution in [-0.4, -0.2) is 46.5 Å². The second-order valence-corrected chi connectivity index (χ2v) is 6.51. The number of nitrogens with zero attached hydrogens (tertiary/aromatic N) is 4. The average molecular weight is 336 g/mol. The normalized spacial score (nSPS) is 23.0. The maximum atomic E-state index is 5.68. The molecule has 2 unspecified atom stereocenters. The van der Waals surface area contributed by atoms with Crippen molar-refractivity contribution in [2.45, 2.75) is 65.6 Å². The Morgan fingerprint density at radius 2 is 2.04 bits per heavy atom. The summed E-state index contributed by atoms with van der Waals surface area (Å²) in [7, 11) is 3.78. The van der Waals surface area contributed by atoms with E-state index in [1.807, 2.05) is 25.6 Å². The Hall–Kier alpha value is -1.63. The summed E-state index contributed by atoms with van der Waals surface area (Å²) >= 11 is 0. The molecule has 2 rings (SSSR count). The van der Waals surface area contributed by atoms with Crippen LogP contribution in [0.15, 0.2) is 4.99 Å². The highest BCUT2D eigenvalue weighted by Crippen LogP contribution is 2.48. The van der Waals surface area contributed by atoms with Gasteiger partial charge < -0.3 is 19.9 Å². The molecule has 1 aliphatic rings. The Morgan fingerprint density at radius 1 is 1.33 bits per heavy atom. The van der Waals surface area contributed by atoms with Gasteiger partial charge in [0.05, 0.1) is 6.10 Å². The Labute approximate surface area is 145 Å². The van der Waals surface area contributed by atoms with Gasteiger partial charge in [0, 0.05) is 32.2 Å². The van der Waals surface area contributed by atoms with Crippen molar-refractivity contribution in [2.24, 2.45) is 17.5 Å². The molecule has 7 heteroatoms. The fraction of sp³-hybridized carbons (Fsp3) is 0.824. The monoisotopic (exact) mass is 336 g/mol. The summed E-state index contributed by atoms with van der Waals surface area (Å²) < 4.78 is 7.65. The van der Waals surface area contributed by atoms with E-state index in [0.29, 0.717) is 18.7 Å². The number of nitrogens with one attached hydrogen (secondary N) is 2. The topological polar surface area (TPSA) is 76.4 Å². The van der Waals surface area contributed by atoms with Crippen molar-refractivity contribution in [1.29, 1.82) is 0 Å². The number of rotatable bonds is 7. The van der Waals surface area contributed by atoms with Crippen LogP contribution in [-0.2, 0) is 18.3 Å². The van der Waals surface area contributed by atoms with Crippen LogP contribution in [0, 0.1) is 12.3 Å².